The van der Waals surface area contributed by atoms with Crippen molar-refractivity contribution in [1.29, 1.82) is 0 Å². The molecule has 0 spiro atoms. The van der Waals surface area contributed by atoms with Crippen LogP contribution in [0.3, 0.4) is 0 Å². The van der Waals surface area contributed by atoms with E-state index in [0.29, 0.717) is 5.92 Å². The highest BCUT2D eigenvalue weighted by Gasteiger charge is 2.25. The maximum atomic E-state index is 10.9. The van der Waals surface area contributed by atoms with Gasteiger partial charge in [-0.3, -0.25) is 5.10 Å². The first kappa shape index (κ1) is 21.0. The number of carboxylic acid groups (broad SMARTS) is 1. The molecule has 4 nitrogen and oxygen atoms in total. The van der Waals surface area contributed by atoms with Gasteiger partial charge in [0, 0.05) is 11.5 Å². The first-order valence-electron chi connectivity index (χ1n) is 11.4. The third kappa shape index (κ3) is 4.51. The lowest BCUT2D eigenvalue weighted by molar-refractivity contribution is -0.131. The fourth-order valence-corrected chi connectivity index (χ4v) is 4.92. The van der Waals surface area contributed by atoms with Crippen molar-refractivity contribution in [1.82, 2.24) is 10.2 Å². The van der Waals surface area contributed by atoms with Gasteiger partial charge in [0.1, 0.15) is 0 Å². The first-order chi connectivity index (χ1) is 16.2. The van der Waals surface area contributed by atoms with Gasteiger partial charge in [0.15, 0.2) is 0 Å². The number of nitrogens with one attached hydrogen (secondary N) is 1. The van der Waals surface area contributed by atoms with Crippen molar-refractivity contribution < 1.29 is 9.90 Å². The molecule has 0 aliphatic heterocycles. The van der Waals surface area contributed by atoms with Crippen molar-refractivity contribution in [3.8, 4) is 0 Å². The van der Waals surface area contributed by atoms with E-state index in [9.17, 15) is 4.79 Å². The minimum atomic E-state index is -0.944. The summed E-state index contributed by atoms with van der Waals surface area (Å²) in [7, 11) is 0. The lowest BCUT2D eigenvalue weighted by atomic mass is 9.81. The lowest BCUT2D eigenvalue weighted by Gasteiger charge is -2.22. The molecule has 0 saturated heterocycles. The van der Waals surface area contributed by atoms with Gasteiger partial charge in [-0.15, -0.1) is 0 Å². The number of aromatic nitrogens is 2. The molecule has 4 heteroatoms. The van der Waals surface area contributed by atoms with Crippen LogP contribution in [0, 0.1) is 5.92 Å². The molecule has 2 N–H and O–H groups in total. The molecular weight excluding hydrogens is 408 g/mol. The van der Waals surface area contributed by atoms with Crippen LogP contribution in [-0.4, -0.2) is 21.3 Å². The topological polar surface area (TPSA) is 66.0 Å². The molecular formula is C29H26N2O2. The largest absolute Gasteiger partial charge is 0.478 e. The Morgan fingerprint density at radius 3 is 2.36 bits per heavy atom. The number of rotatable bonds is 6. The summed E-state index contributed by atoms with van der Waals surface area (Å²) in [6.45, 7) is 0. The zero-order valence-corrected chi connectivity index (χ0v) is 18.4. The van der Waals surface area contributed by atoms with Crippen molar-refractivity contribution in [2.45, 2.75) is 25.7 Å². The number of aliphatic carboxylic acids is 1. The summed E-state index contributed by atoms with van der Waals surface area (Å²) >= 11 is 0. The molecule has 0 radical (unpaired) electrons. The molecule has 0 amide bonds. The number of aromatic amines is 1. The van der Waals surface area contributed by atoms with Gasteiger partial charge in [-0.1, -0.05) is 73.5 Å². The molecule has 1 heterocycles. The predicted octanol–water partition coefficient (Wildman–Crippen LogP) is 6.81. The Bertz CT molecular complexity index is 1330. The van der Waals surface area contributed by atoms with E-state index >= 15 is 0 Å². The van der Waals surface area contributed by atoms with E-state index in [2.05, 4.69) is 70.9 Å². The number of H-pyrrole nitrogens is 1. The van der Waals surface area contributed by atoms with E-state index in [4.69, 9.17) is 5.11 Å². The number of hydrogen-bond donors (Lipinski definition) is 2. The number of allylic oxidation sites excluding steroid dienone is 1. The van der Waals surface area contributed by atoms with Crippen LogP contribution in [-0.2, 0) is 4.79 Å². The van der Waals surface area contributed by atoms with Gasteiger partial charge in [0.2, 0.25) is 0 Å². The fourth-order valence-electron chi connectivity index (χ4n) is 4.92. The summed E-state index contributed by atoms with van der Waals surface area (Å²) in [6.07, 6.45) is 9.58. The number of carbonyl (C=O) groups is 1. The SMILES string of the molecule is O=C(O)/C=C/c1ccc(/C(=C(\c2ccccc2)C2CCCC2)c2ccc3[nH]ncc3c2)cc1. The van der Waals surface area contributed by atoms with Crippen molar-refractivity contribution in [3.63, 3.8) is 0 Å². The molecule has 3 aromatic carbocycles. The molecule has 5 rings (SSSR count). The molecule has 1 aliphatic rings. The zero-order valence-electron chi connectivity index (χ0n) is 18.4. The Kier molecular flexibility index (Phi) is 5.90. The van der Waals surface area contributed by atoms with Gasteiger partial charge in [0.25, 0.3) is 0 Å². The van der Waals surface area contributed by atoms with E-state index in [-0.39, 0.29) is 0 Å². The molecule has 4 aromatic rings. The maximum absolute atomic E-state index is 10.9. The van der Waals surface area contributed by atoms with Crippen LogP contribution in [0.2, 0.25) is 0 Å². The monoisotopic (exact) mass is 434 g/mol. The van der Waals surface area contributed by atoms with Crippen molar-refractivity contribution in [3.05, 3.63) is 107 Å². The van der Waals surface area contributed by atoms with E-state index in [1.165, 1.54) is 54.0 Å². The van der Waals surface area contributed by atoms with Crippen LogP contribution in [0.25, 0.3) is 28.1 Å². The van der Waals surface area contributed by atoms with E-state index < -0.39 is 5.97 Å². The molecule has 1 aromatic heterocycles. The second-order valence-electron chi connectivity index (χ2n) is 8.60. The Hall–Kier alpha value is -3.92. The smallest absolute Gasteiger partial charge is 0.328 e. The van der Waals surface area contributed by atoms with Crippen molar-refractivity contribution in [2.24, 2.45) is 5.92 Å². The van der Waals surface area contributed by atoms with Crippen molar-refractivity contribution in [2.75, 3.05) is 0 Å². The average molecular weight is 435 g/mol. The molecule has 0 atom stereocenters. The molecule has 1 aliphatic carbocycles. The average Bonchev–Trinajstić information content (AvgIpc) is 3.54. The lowest BCUT2D eigenvalue weighted by Crippen LogP contribution is -2.04. The van der Waals surface area contributed by atoms with Crippen LogP contribution in [0.15, 0.2) is 85.1 Å². The van der Waals surface area contributed by atoms with E-state index in [1.807, 2.05) is 18.3 Å². The summed E-state index contributed by atoms with van der Waals surface area (Å²) < 4.78 is 0. The minimum Gasteiger partial charge on any atom is -0.478 e. The van der Waals surface area contributed by atoms with Crippen LogP contribution in [0.4, 0.5) is 0 Å². The third-order valence-corrected chi connectivity index (χ3v) is 6.46. The highest BCUT2D eigenvalue weighted by atomic mass is 16.4. The highest BCUT2D eigenvalue weighted by molar-refractivity contribution is 6.01. The Morgan fingerprint density at radius 1 is 0.909 bits per heavy atom. The summed E-state index contributed by atoms with van der Waals surface area (Å²) in [4.78, 5) is 10.9. The van der Waals surface area contributed by atoms with Gasteiger partial charge in [-0.2, -0.15) is 5.10 Å². The normalized spacial score (nSPS) is 15.3. The summed E-state index contributed by atoms with van der Waals surface area (Å²) in [6, 6.07) is 25.4. The highest BCUT2D eigenvalue weighted by Crippen LogP contribution is 2.43. The number of nitrogens with zero attached hydrogens (tertiary/aromatic N) is 1. The van der Waals surface area contributed by atoms with E-state index in [0.717, 1.165) is 22.0 Å². The van der Waals surface area contributed by atoms with Crippen molar-refractivity contribution >= 4 is 34.1 Å². The Morgan fingerprint density at radius 2 is 1.64 bits per heavy atom. The number of hydrogen-bond acceptors (Lipinski definition) is 2. The second kappa shape index (κ2) is 9.29. The third-order valence-electron chi connectivity index (χ3n) is 6.46. The maximum Gasteiger partial charge on any atom is 0.328 e. The number of benzene rings is 3. The van der Waals surface area contributed by atoms with Gasteiger partial charge in [-0.25, -0.2) is 4.79 Å². The minimum absolute atomic E-state index is 0.508. The van der Waals surface area contributed by atoms with Gasteiger partial charge in [0.05, 0.1) is 11.7 Å². The molecule has 33 heavy (non-hydrogen) atoms. The molecule has 1 saturated carbocycles. The summed E-state index contributed by atoms with van der Waals surface area (Å²) in [5, 5.41) is 17.3. The number of fused-ring (bicyclic) bond motifs is 1. The molecule has 164 valence electrons. The molecule has 0 bridgehead atoms. The number of carboxylic acids is 1. The standard InChI is InChI=1S/C29H26N2O2/c32-27(33)17-12-20-10-13-23(14-11-20)29(24-15-16-26-25(18-24)19-30-31-26)28(22-8-4-5-9-22)21-6-2-1-3-7-21/h1-3,6-7,10-19,22H,4-5,8-9H2,(H,30,31)(H,32,33)/b17-12+,29-28-. The summed E-state index contributed by atoms with van der Waals surface area (Å²) in [5.74, 6) is -0.435. The molecule has 0 unspecified atom stereocenters. The quantitative estimate of drug-likeness (QED) is 0.259. The first-order valence-corrected chi connectivity index (χ1v) is 11.4. The fraction of sp³-hybridized carbons (Fsp3) is 0.172. The molecule has 1 fully saturated rings. The zero-order chi connectivity index (χ0) is 22.6. The van der Waals surface area contributed by atoms with Gasteiger partial charge < -0.3 is 5.11 Å². The van der Waals surface area contributed by atoms with Crippen LogP contribution < -0.4 is 0 Å². The van der Waals surface area contributed by atoms with Crippen LogP contribution >= 0.6 is 0 Å². The van der Waals surface area contributed by atoms with Gasteiger partial charge in [-0.05, 0) is 70.4 Å². The second-order valence-corrected chi connectivity index (χ2v) is 8.60. The predicted molar refractivity (Wildman–Crippen MR) is 134 cm³/mol. The Balaban J connectivity index is 1.73. The Labute approximate surface area is 193 Å². The van der Waals surface area contributed by atoms with E-state index in [1.54, 1.807) is 6.08 Å². The summed E-state index contributed by atoms with van der Waals surface area (Å²) in [5.41, 5.74) is 8.10. The van der Waals surface area contributed by atoms with Gasteiger partial charge >= 0.3 is 5.97 Å². The van der Waals surface area contributed by atoms with Crippen LogP contribution in [0.1, 0.15) is 47.9 Å². The van der Waals surface area contributed by atoms with Crippen LogP contribution in [0.5, 0.6) is 0 Å².